The molecule has 0 saturated carbocycles. The Labute approximate surface area is 138 Å². The van der Waals surface area contributed by atoms with E-state index in [4.69, 9.17) is 14.7 Å². The first kappa shape index (κ1) is 15.6. The summed E-state index contributed by atoms with van der Waals surface area (Å²) in [6.45, 7) is 0.0788. The molecule has 0 radical (unpaired) electrons. The number of fused-ring (bicyclic) bond motifs is 1. The van der Waals surface area contributed by atoms with Gasteiger partial charge in [-0.15, -0.1) is 0 Å². The van der Waals surface area contributed by atoms with E-state index in [1.165, 1.54) is 0 Å². The van der Waals surface area contributed by atoms with Crippen LogP contribution in [0, 0.1) is 11.3 Å². The fourth-order valence-electron chi connectivity index (χ4n) is 2.28. The predicted molar refractivity (Wildman–Crippen MR) is 85.1 cm³/mol. The lowest BCUT2D eigenvalue weighted by atomic mass is 10.1. The molecule has 0 spiro atoms. The molecule has 1 unspecified atom stereocenters. The minimum absolute atomic E-state index is 0.0788. The highest BCUT2D eigenvalue weighted by Gasteiger charge is 2.30. The fraction of sp³-hybridized carbons (Fsp3) is 0.167. The quantitative estimate of drug-likeness (QED) is 0.873. The smallest absolute Gasteiger partial charge is 0.310 e. The summed E-state index contributed by atoms with van der Waals surface area (Å²) in [5.74, 6) is -0.370. The van der Waals surface area contributed by atoms with Crippen molar-refractivity contribution in [3.63, 3.8) is 0 Å². The summed E-state index contributed by atoms with van der Waals surface area (Å²) in [4.78, 5) is 23.9. The summed E-state index contributed by atoms with van der Waals surface area (Å²) in [6, 6.07) is 15.8. The van der Waals surface area contributed by atoms with Gasteiger partial charge in [-0.25, -0.2) is 0 Å². The molecule has 2 aromatic carbocycles. The minimum atomic E-state index is -0.909. The molecule has 3 rings (SSSR count). The third-order valence-electron chi connectivity index (χ3n) is 3.54. The van der Waals surface area contributed by atoms with Gasteiger partial charge in [-0.1, -0.05) is 24.3 Å². The van der Waals surface area contributed by atoms with Crippen molar-refractivity contribution in [3.05, 3.63) is 59.7 Å². The molecule has 2 aromatic rings. The summed E-state index contributed by atoms with van der Waals surface area (Å²) in [5, 5.41) is 11.4. The van der Waals surface area contributed by atoms with Gasteiger partial charge in [0.2, 0.25) is 0 Å². The van der Waals surface area contributed by atoms with Gasteiger partial charge in [0.05, 0.1) is 23.7 Å². The van der Waals surface area contributed by atoms with E-state index in [1.807, 2.05) is 6.07 Å². The normalized spacial score (nSPS) is 15.5. The highest BCUT2D eigenvalue weighted by molar-refractivity contribution is 5.99. The van der Waals surface area contributed by atoms with Crippen LogP contribution in [-0.4, -0.2) is 18.0 Å². The molecule has 6 heteroatoms. The summed E-state index contributed by atoms with van der Waals surface area (Å²) in [6.07, 6.45) is -1.08. The van der Waals surface area contributed by atoms with Crippen LogP contribution in [0.1, 0.15) is 17.5 Å². The van der Waals surface area contributed by atoms with Crippen LogP contribution >= 0.6 is 0 Å². The van der Waals surface area contributed by atoms with E-state index >= 15 is 0 Å². The van der Waals surface area contributed by atoms with Gasteiger partial charge in [-0.3, -0.25) is 9.59 Å². The Morgan fingerprint density at radius 3 is 2.71 bits per heavy atom. The lowest BCUT2D eigenvalue weighted by Crippen LogP contribution is -2.38. The number of esters is 1. The van der Waals surface area contributed by atoms with E-state index in [0.29, 0.717) is 17.0 Å². The van der Waals surface area contributed by atoms with Crippen LogP contribution in [0.3, 0.4) is 0 Å². The zero-order valence-corrected chi connectivity index (χ0v) is 12.7. The number of anilines is 1. The van der Waals surface area contributed by atoms with Crippen molar-refractivity contribution in [2.75, 3.05) is 5.32 Å². The largest absolute Gasteiger partial charge is 0.478 e. The zero-order chi connectivity index (χ0) is 16.9. The molecule has 1 amide bonds. The van der Waals surface area contributed by atoms with E-state index in [2.05, 4.69) is 5.32 Å². The summed E-state index contributed by atoms with van der Waals surface area (Å²) < 4.78 is 10.7. The maximum atomic E-state index is 12.0. The number of hydrogen-bond acceptors (Lipinski definition) is 5. The monoisotopic (exact) mass is 322 g/mol. The van der Waals surface area contributed by atoms with Crippen molar-refractivity contribution in [2.45, 2.75) is 19.1 Å². The Morgan fingerprint density at radius 1 is 1.21 bits per heavy atom. The van der Waals surface area contributed by atoms with E-state index in [9.17, 15) is 9.59 Å². The molecule has 0 aliphatic carbocycles. The van der Waals surface area contributed by atoms with Crippen LogP contribution in [0.15, 0.2) is 48.5 Å². The molecule has 120 valence electrons. The van der Waals surface area contributed by atoms with Crippen molar-refractivity contribution >= 4 is 17.6 Å². The standard InChI is InChI=1S/C18H14N2O4/c19-10-12-5-7-13(8-6-12)11-23-17(21)9-16-18(22)20-14-3-1-2-4-15(14)24-16/h1-8,16H,9,11H2,(H,20,22). The number of carbonyl (C=O) groups is 2. The van der Waals surface area contributed by atoms with Gasteiger partial charge in [0, 0.05) is 0 Å². The molecular formula is C18H14N2O4. The van der Waals surface area contributed by atoms with Crippen LogP contribution in [0.25, 0.3) is 0 Å². The Kier molecular flexibility index (Phi) is 4.43. The van der Waals surface area contributed by atoms with Crippen LogP contribution < -0.4 is 10.1 Å². The first-order valence-electron chi connectivity index (χ1n) is 7.37. The highest BCUT2D eigenvalue weighted by Crippen LogP contribution is 2.29. The maximum Gasteiger partial charge on any atom is 0.310 e. The second kappa shape index (κ2) is 6.84. The number of para-hydroxylation sites is 2. The highest BCUT2D eigenvalue weighted by atomic mass is 16.5. The average molecular weight is 322 g/mol. The predicted octanol–water partition coefficient (Wildman–Crippen LogP) is 2.39. The van der Waals surface area contributed by atoms with Crippen molar-refractivity contribution < 1.29 is 19.1 Å². The number of ether oxygens (including phenoxy) is 2. The lowest BCUT2D eigenvalue weighted by Gasteiger charge is -2.25. The molecule has 1 atom stereocenters. The van der Waals surface area contributed by atoms with E-state index in [0.717, 1.165) is 5.56 Å². The molecule has 1 N–H and O–H groups in total. The third-order valence-corrected chi connectivity index (χ3v) is 3.54. The van der Waals surface area contributed by atoms with Gasteiger partial charge < -0.3 is 14.8 Å². The molecule has 0 fully saturated rings. The second-order valence-electron chi connectivity index (χ2n) is 5.27. The Morgan fingerprint density at radius 2 is 1.96 bits per heavy atom. The molecule has 1 aliphatic rings. The SMILES string of the molecule is N#Cc1ccc(COC(=O)CC2Oc3ccccc3NC2=O)cc1. The number of carbonyl (C=O) groups excluding carboxylic acids is 2. The van der Waals surface area contributed by atoms with Crippen molar-refractivity contribution in [1.29, 1.82) is 5.26 Å². The maximum absolute atomic E-state index is 12.0. The van der Waals surface area contributed by atoms with Gasteiger partial charge in [-0.05, 0) is 29.8 Å². The Hall–Kier alpha value is -3.33. The van der Waals surface area contributed by atoms with Gasteiger partial charge in [0.25, 0.3) is 5.91 Å². The van der Waals surface area contributed by atoms with Crippen LogP contribution in [-0.2, 0) is 20.9 Å². The van der Waals surface area contributed by atoms with E-state index < -0.39 is 12.1 Å². The van der Waals surface area contributed by atoms with E-state index in [-0.39, 0.29) is 18.9 Å². The topological polar surface area (TPSA) is 88.4 Å². The van der Waals surface area contributed by atoms with Crippen molar-refractivity contribution in [2.24, 2.45) is 0 Å². The molecule has 6 nitrogen and oxygen atoms in total. The summed E-state index contributed by atoms with van der Waals surface area (Å²) in [7, 11) is 0. The van der Waals surface area contributed by atoms with Crippen molar-refractivity contribution in [1.82, 2.24) is 0 Å². The molecule has 0 saturated heterocycles. The number of rotatable bonds is 4. The van der Waals surface area contributed by atoms with Crippen LogP contribution in [0.4, 0.5) is 5.69 Å². The number of benzene rings is 2. The number of nitriles is 1. The number of nitrogens with zero attached hydrogens (tertiary/aromatic N) is 1. The molecular weight excluding hydrogens is 308 g/mol. The van der Waals surface area contributed by atoms with Gasteiger partial charge in [0.15, 0.2) is 6.10 Å². The molecule has 0 aromatic heterocycles. The number of amides is 1. The first-order chi connectivity index (χ1) is 11.7. The Bertz CT molecular complexity index is 809. The number of hydrogen-bond donors (Lipinski definition) is 1. The van der Waals surface area contributed by atoms with Crippen LogP contribution in [0.5, 0.6) is 5.75 Å². The number of nitrogens with one attached hydrogen (secondary N) is 1. The molecule has 1 aliphatic heterocycles. The fourth-order valence-corrected chi connectivity index (χ4v) is 2.28. The minimum Gasteiger partial charge on any atom is -0.478 e. The molecule has 24 heavy (non-hydrogen) atoms. The molecule has 0 bridgehead atoms. The lowest BCUT2D eigenvalue weighted by molar-refractivity contribution is -0.149. The average Bonchev–Trinajstić information content (AvgIpc) is 2.61. The summed E-state index contributed by atoms with van der Waals surface area (Å²) >= 11 is 0. The van der Waals surface area contributed by atoms with Crippen molar-refractivity contribution in [3.8, 4) is 11.8 Å². The Balaban J connectivity index is 1.55. The second-order valence-corrected chi connectivity index (χ2v) is 5.27. The van der Waals surface area contributed by atoms with Gasteiger partial charge in [-0.2, -0.15) is 5.26 Å². The first-order valence-corrected chi connectivity index (χ1v) is 7.37. The molecule has 1 heterocycles. The summed E-state index contributed by atoms with van der Waals surface area (Å²) in [5.41, 5.74) is 1.89. The van der Waals surface area contributed by atoms with Gasteiger partial charge in [0.1, 0.15) is 12.4 Å². The van der Waals surface area contributed by atoms with Crippen LogP contribution in [0.2, 0.25) is 0 Å². The van der Waals surface area contributed by atoms with E-state index in [1.54, 1.807) is 48.5 Å². The third kappa shape index (κ3) is 3.52. The van der Waals surface area contributed by atoms with Gasteiger partial charge >= 0.3 is 5.97 Å². The zero-order valence-electron chi connectivity index (χ0n) is 12.7.